The van der Waals surface area contributed by atoms with Crippen molar-refractivity contribution in [2.45, 2.75) is 35.7 Å². The molecule has 2 rings (SSSR count). The molecular formula is C22H15Cl3F7N3O3. The molecule has 2 N–H and O–H groups in total. The standard InChI is InChI=1S/C22H15Cl3F7N3O3/c1-10-5-14(20(26,21(27,28)29)22(30,31)32)6-11(2)16(10)35-17(36)12-3-4-13(8-33)15(7-12)34-18(37)38-9-19(23,24)25/h3-7H,9H2,1-2H3,(H,34,37)(H,35,36). The van der Waals surface area contributed by atoms with Crippen LogP contribution in [-0.4, -0.2) is 34.8 Å². The van der Waals surface area contributed by atoms with Crippen molar-refractivity contribution in [2.24, 2.45) is 0 Å². The maximum Gasteiger partial charge on any atom is 0.435 e. The molecular weight excluding hydrogens is 594 g/mol. The highest BCUT2D eigenvalue weighted by Gasteiger charge is 2.73. The largest absolute Gasteiger partial charge is 0.445 e. The predicted molar refractivity (Wildman–Crippen MR) is 125 cm³/mol. The Bertz CT molecular complexity index is 1250. The van der Waals surface area contributed by atoms with Crippen LogP contribution in [0.1, 0.15) is 32.6 Å². The molecule has 206 valence electrons. The lowest BCUT2D eigenvalue weighted by Crippen LogP contribution is -2.50. The Morgan fingerprint density at radius 1 is 0.921 bits per heavy atom. The third-order valence-corrected chi connectivity index (χ3v) is 5.28. The average molecular weight is 609 g/mol. The second-order valence-corrected chi connectivity index (χ2v) is 10.3. The van der Waals surface area contributed by atoms with Gasteiger partial charge >= 0.3 is 24.1 Å². The van der Waals surface area contributed by atoms with Gasteiger partial charge < -0.3 is 10.1 Å². The SMILES string of the molecule is Cc1cc(C(F)(C(F)(F)F)C(F)(F)F)cc(C)c1NC(=O)c1ccc(C#N)c(NC(=O)OCC(Cl)(Cl)Cl)c1. The normalized spacial score (nSPS) is 12.5. The fourth-order valence-corrected chi connectivity index (χ4v) is 3.38. The first-order chi connectivity index (χ1) is 17.2. The molecule has 0 atom stereocenters. The minimum atomic E-state index is -6.30. The van der Waals surface area contributed by atoms with Crippen molar-refractivity contribution >= 4 is 58.2 Å². The Labute approximate surface area is 225 Å². The molecule has 6 nitrogen and oxygen atoms in total. The van der Waals surface area contributed by atoms with Crippen LogP contribution in [0.3, 0.4) is 0 Å². The van der Waals surface area contributed by atoms with Crippen LogP contribution in [0.4, 0.5) is 46.9 Å². The smallest absolute Gasteiger partial charge is 0.435 e. The fourth-order valence-electron chi connectivity index (χ4n) is 3.21. The number of anilines is 2. The highest BCUT2D eigenvalue weighted by atomic mass is 35.6. The first-order valence-corrected chi connectivity index (χ1v) is 11.1. The Hall–Kier alpha value is -2.95. The molecule has 0 aliphatic rings. The summed E-state index contributed by atoms with van der Waals surface area (Å²) in [6.07, 6.45) is -13.8. The molecule has 0 spiro atoms. The number of benzene rings is 2. The molecule has 0 aromatic heterocycles. The molecule has 0 saturated carbocycles. The number of hydrogen-bond acceptors (Lipinski definition) is 4. The van der Waals surface area contributed by atoms with Gasteiger partial charge in [-0.15, -0.1) is 0 Å². The zero-order valence-corrected chi connectivity index (χ0v) is 21.3. The van der Waals surface area contributed by atoms with Crippen molar-refractivity contribution in [1.82, 2.24) is 0 Å². The summed E-state index contributed by atoms with van der Waals surface area (Å²) in [5, 5.41) is 13.7. The number of halogens is 10. The van der Waals surface area contributed by atoms with Crippen LogP contribution < -0.4 is 10.6 Å². The van der Waals surface area contributed by atoms with Crippen molar-refractivity contribution < 1.29 is 45.1 Å². The molecule has 0 unspecified atom stereocenters. The van der Waals surface area contributed by atoms with Gasteiger partial charge in [0.15, 0.2) is 0 Å². The number of alkyl halides is 10. The zero-order chi connectivity index (χ0) is 29.3. The summed E-state index contributed by atoms with van der Waals surface area (Å²) < 4.78 is 96.0. The van der Waals surface area contributed by atoms with Crippen molar-refractivity contribution in [3.05, 3.63) is 58.1 Å². The summed E-state index contributed by atoms with van der Waals surface area (Å²) in [4.78, 5) is 24.7. The summed E-state index contributed by atoms with van der Waals surface area (Å²) in [6.45, 7) is 1.50. The molecule has 0 bridgehead atoms. The lowest BCUT2D eigenvalue weighted by molar-refractivity contribution is -0.348. The first kappa shape index (κ1) is 31.3. The van der Waals surface area contributed by atoms with E-state index in [4.69, 9.17) is 34.8 Å². The van der Waals surface area contributed by atoms with E-state index in [1.807, 2.05) is 0 Å². The molecule has 0 aliphatic heterocycles. The highest BCUT2D eigenvalue weighted by molar-refractivity contribution is 6.67. The first-order valence-electron chi connectivity index (χ1n) is 10.0. The quantitative estimate of drug-likeness (QED) is 0.270. The zero-order valence-electron chi connectivity index (χ0n) is 19.0. The average Bonchev–Trinajstić information content (AvgIpc) is 2.77. The summed E-state index contributed by atoms with van der Waals surface area (Å²) in [7, 11) is 0. The van der Waals surface area contributed by atoms with Gasteiger partial charge in [0.1, 0.15) is 12.7 Å². The van der Waals surface area contributed by atoms with Crippen LogP contribution in [0.5, 0.6) is 0 Å². The van der Waals surface area contributed by atoms with Crippen molar-refractivity contribution in [1.29, 1.82) is 5.26 Å². The molecule has 0 aliphatic carbocycles. The van der Waals surface area contributed by atoms with Gasteiger partial charge in [0.25, 0.3) is 5.91 Å². The van der Waals surface area contributed by atoms with E-state index in [-0.39, 0.29) is 33.6 Å². The number of amides is 2. The van der Waals surface area contributed by atoms with Crippen molar-refractivity contribution in [3.63, 3.8) is 0 Å². The highest BCUT2D eigenvalue weighted by Crippen LogP contribution is 2.53. The van der Waals surface area contributed by atoms with Crippen LogP contribution in [0, 0.1) is 25.2 Å². The number of nitriles is 1. The lowest BCUT2D eigenvalue weighted by Gasteiger charge is -2.31. The summed E-state index contributed by atoms with van der Waals surface area (Å²) in [5.74, 6) is -0.927. The molecule has 38 heavy (non-hydrogen) atoms. The minimum absolute atomic E-state index is 0.109. The second-order valence-electron chi connectivity index (χ2n) is 7.78. The molecule has 0 saturated heterocycles. The molecule has 0 radical (unpaired) electrons. The Kier molecular flexibility index (Phi) is 9.08. The summed E-state index contributed by atoms with van der Waals surface area (Å²) >= 11 is 16.4. The molecule has 0 heterocycles. The Morgan fingerprint density at radius 3 is 1.89 bits per heavy atom. The third-order valence-electron chi connectivity index (χ3n) is 4.96. The second kappa shape index (κ2) is 11.0. The number of carbonyl (C=O) groups excluding carboxylic acids is 2. The van der Waals surface area contributed by atoms with E-state index >= 15 is 0 Å². The number of nitrogens with one attached hydrogen (secondary N) is 2. The van der Waals surface area contributed by atoms with E-state index in [2.05, 4.69) is 15.4 Å². The van der Waals surface area contributed by atoms with Gasteiger partial charge in [-0.2, -0.15) is 31.6 Å². The number of aryl methyl sites for hydroxylation is 2. The molecule has 0 fully saturated rings. The van der Waals surface area contributed by atoms with Gasteiger partial charge in [-0.05, 0) is 43.2 Å². The Balaban J connectivity index is 2.38. The van der Waals surface area contributed by atoms with Gasteiger partial charge in [-0.1, -0.05) is 46.9 Å². The summed E-state index contributed by atoms with van der Waals surface area (Å²) in [5.41, 5.74) is -8.63. The van der Waals surface area contributed by atoms with E-state index in [0.717, 1.165) is 32.0 Å². The maximum atomic E-state index is 14.5. The fraction of sp³-hybridized carbons (Fsp3) is 0.318. The van der Waals surface area contributed by atoms with E-state index in [0.29, 0.717) is 12.1 Å². The predicted octanol–water partition coefficient (Wildman–Crippen LogP) is 7.64. The number of nitrogens with zero attached hydrogens (tertiary/aromatic N) is 1. The van der Waals surface area contributed by atoms with Gasteiger partial charge in [-0.3, -0.25) is 10.1 Å². The van der Waals surface area contributed by atoms with Gasteiger partial charge in [0.2, 0.25) is 3.79 Å². The van der Waals surface area contributed by atoms with E-state index in [1.54, 1.807) is 6.07 Å². The monoisotopic (exact) mass is 607 g/mol. The number of hydrogen-bond donors (Lipinski definition) is 2. The molecule has 2 aromatic rings. The maximum absolute atomic E-state index is 14.5. The van der Waals surface area contributed by atoms with Gasteiger partial charge in [-0.25, -0.2) is 9.18 Å². The van der Waals surface area contributed by atoms with Gasteiger partial charge in [0, 0.05) is 16.8 Å². The van der Waals surface area contributed by atoms with Crippen LogP contribution in [0.15, 0.2) is 30.3 Å². The van der Waals surface area contributed by atoms with E-state index in [9.17, 15) is 45.6 Å². The van der Waals surface area contributed by atoms with Crippen LogP contribution in [-0.2, 0) is 10.4 Å². The van der Waals surface area contributed by atoms with Crippen molar-refractivity contribution in [3.8, 4) is 6.07 Å². The van der Waals surface area contributed by atoms with Gasteiger partial charge in [0.05, 0.1) is 11.3 Å². The van der Waals surface area contributed by atoms with Crippen LogP contribution in [0.2, 0.25) is 0 Å². The number of rotatable bonds is 5. The molecule has 2 aromatic carbocycles. The number of carbonyl (C=O) groups is 2. The molecule has 2 amide bonds. The Morgan fingerprint density at radius 2 is 1.45 bits per heavy atom. The topological polar surface area (TPSA) is 91.2 Å². The van der Waals surface area contributed by atoms with Crippen LogP contribution in [0.25, 0.3) is 0 Å². The molecule has 16 heteroatoms. The van der Waals surface area contributed by atoms with E-state index in [1.165, 1.54) is 0 Å². The number of ether oxygens (including phenoxy) is 1. The van der Waals surface area contributed by atoms with E-state index < -0.39 is 46.0 Å². The van der Waals surface area contributed by atoms with Crippen LogP contribution >= 0.6 is 34.8 Å². The summed E-state index contributed by atoms with van der Waals surface area (Å²) in [6, 6.07) is 5.76. The minimum Gasteiger partial charge on any atom is -0.445 e. The van der Waals surface area contributed by atoms with Crippen molar-refractivity contribution in [2.75, 3.05) is 17.2 Å². The lowest BCUT2D eigenvalue weighted by atomic mass is 9.90. The third kappa shape index (κ3) is 6.92.